The number of benzene rings is 2. The number of halogens is 2. The zero-order valence-corrected chi connectivity index (χ0v) is 21.5. The molecule has 4 fully saturated rings. The zero-order chi connectivity index (χ0) is 25.1. The second-order valence-electron chi connectivity index (χ2n) is 11.1. The van der Waals surface area contributed by atoms with Gasteiger partial charge in [-0.3, -0.25) is 4.90 Å². The van der Waals surface area contributed by atoms with E-state index in [1.165, 1.54) is 18.9 Å². The van der Waals surface area contributed by atoms with E-state index in [0.717, 1.165) is 51.9 Å². The Morgan fingerprint density at radius 1 is 1.11 bits per heavy atom. The first-order chi connectivity index (χ1) is 18.0. The van der Waals surface area contributed by atoms with Crippen LogP contribution in [0.15, 0.2) is 30.3 Å². The predicted octanol–water partition coefficient (Wildman–Crippen LogP) is 4.74. The molecule has 3 aromatic rings. The van der Waals surface area contributed by atoms with Crippen LogP contribution < -0.4 is 15.0 Å². The highest BCUT2D eigenvalue weighted by Gasteiger charge is 2.45. The second-order valence-corrected chi connectivity index (χ2v) is 11.5. The molecule has 2 atom stereocenters. The molecule has 2 N–H and O–H groups in total. The van der Waals surface area contributed by atoms with E-state index in [4.69, 9.17) is 21.3 Å². The Morgan fingerprint density at radius 3 is 2.59 bits per heavy atom. The third-order valence-electron chi connectivity index (χ3n) is 8.77. The molecule has 0 amide bonds. The maximum absolute atomic E-state index is 16.2. The first-order valence-electron chi connectivity index (χ1n) is 13.4. The Kier molecular flexibility index (Phi) is 5.68. The Labute approximate surface area is 220 Å². The Bertz CT molecular complexity index is 1350. The van der Waals surface area contributed by atoms with Crippen molar-refractivity contribution >= 4 is 28.3 Å². The highest BCUT2D eigenvalue weighted by atomic mass is 35.5. The molecule has 2 unspecified atom stereocenters. The summed E-state index contributed by atoms with van der Waals surface area (Å²) in [5.41, 5.74) is 0.953. The second kappa shape index (κ2) is 8.96. The van der Waals surface area contributed by atoms with Crippen LogP contribution in [0.3, 0.4) is 0 Å². The summed E-state index contributed by atoms with van der Waals surface area (Å²) in [6, 6.07) is 9.23. The molecule has 5 heterocycles. The molecular weight excluding hydrogens is 493 g/mol. The first kappa shape index (κ1) is 23.4. The molecule has 0 radical (unpaired) electrons. The van der Waals surface area contributed by atoms with Crippen LogP contribution in [0.4, 0.5) is 10.2 Å². The maximum atomic E-state index is 16.2. The van der Waals surface area contributed by atoms with Gasteiger partial charge in [-0.25, -0.2) is 4.39 Å². The molecule has 4 saturated heterocycles. The molecular formula is C28H31ClFN5O2. The van der Waals surface area contributed by atoms with Crippen molar-refractivity contribution in [2.45, 2.75) is 56.1 Å². The van der Waals surface area contributed by atoms with E-state index >= 15 is 4.39 Å². The first-order valence-corrected chi connectivity index (χ1v) is 13.7. The van der Waals surface area contributed by atoms with Crippen LogP contribution >= 0.6 is 11.6 Å². The quantitative estimate of drug-likeness (QED) is 0.500. The minimum absolute atomic E-state index is 0.0396. The van der Waals surface area contributed by atoms with Gasteiger partial charge in [0.05, 0.1) is 10.6 Å². The average molecular weight is 524 g/mol. The average Bonchev–Trinajstić information content (AvgIpc) is 3.56. The summed E-state index contributed by atoms with van der Waals surface area (Å²) < 4.78 is 22.6. The van der Waals surface area contributed by atoms with Crippen LogP contribution in [0.25, 0.3) is 22.0 Å². The monoisotopic (exact) mass is 523 g/mol. The predicted molar refractivity (Wildman–Crippen MR) is 142 cm³/mol. The van der Waals surface area contributed by atoms with E-state index in [9.17, 15) is 5.11 Å². The van der Waals surface area contributed by atoms with E-state index in [0.29, 0.717) is 35.5 Å². The van der Waals surface area contributed by atoms with Crippen LogP contribution in [0.1, 0.15) is 38.5 Å². The standard InChI is InChI=1S/C28H31ClFN5O2/c29-22-13-21-25(24(30)23(22)17-4-1-5-20(36)12-17)32-27(37-16-28-8-2-10-35(28)11-3-9-28)33-26(21)34-14-18-6-7-19(15-34)31-18/h1,4-5,12-13,18-19,31,36H,2-3,6-11,14-16H2. The van der Waals surface area contributed by atoms with E-state index in [-0.39, 0.29) is 33.4 Å². The Balaban J connectivity index is 1.33. The number of phenols is 1. The fourth-order valence-electron chi connectivity index (χ4n) is 7.02. The lowest BCUT2D eigenvalue weighted by atomic mass is 9.95. The van der Waals surface area contributed by atoms with Gasteiger partial charge in [-0.05, 0) is 75.4 Å². The number of hydrogen-bond acceptors (Lipinski definition) is 7. The number of aromatic nitrogens is 2. The van der Waals surface area contributed by atoms with Crippen LogP contribution in [0.5, 0.6) is 11.8 Å². The van der Waals surface area contributed by atoms with Crippen molar-refractivity contribution in [2.75, 3.05) is 37.7 Å². The summed E-state index contributed by atoms with van der Waals surface area (Å²) in [7, 11) is 0. The van der Waals surface area contributed by atoms with Crippen LogP contribution in [0, 0.1) is 5.82 Å². The number of nitrogens with one attached hydrogen (secondary N) is 1. The highest BCUT2D eigenvalue weighted by molar-refractivity contribution is 6.34. The molecule has 37 heavy (non-hydrogen) atoms. The van der Waals surface area contributed by atoms with E-state index in [2.05, 4.69) is 20.1 Å². The molecule has 4 aliphatic rings. The number of ether oxygens (including phenoxy) is 1. The number of piperazine rings is 1. The normalized spacial score (nSPS) is 24.6. The summed E-state index contributed by atoms with van der Waals surface area (Å²) in [6.07, 6.45) is 6.83. The van der Waals surface area contributed by atoms with E-state index in [1.807, 2.05) is 0 Å². The number of rotatable bonds is 5. The number of anilines is 1. The van der Waals surface area contributed by atoms with Crippen molar-refractivity contribution < 1.29 is 14.2 Å². The smallest absolute Gasteiger partial charge is 0.319 e. The van der Waals surface area contributed by atoms with Gasteiger partial charge in [0.25, 0.3) is 0 Å². The van der Waals surface area contributed by atoms with Gasteiger partial charge in [0, 0.05) is 36.1 Å². The molecule has 194 valence electrons. The minimum Gasteiger partial charge on any atom is -0.508 e. The summed E-state index contributed by atoms with van der Waals surface area (Å²) in [4.78, 5) is 14.3. The largest absolute Gasteiger partial charge is 0.508 e. The van der Waals surface area contributed by atoms with Gasteiger partial charge in [-0.2, -0.15) is 9.97 Å². The Morgan fingerprint density at radius 2 is 1.86 bits per heavy atom. The van der Waals surface area contributed by atoms with Gasteiger partial charge in [-0.15, -0.1) is 0 Å². The molecule has 2 aromatic carbocycles. The van der Waals surface area contributed by atoms with Gasteiger partial charge >= 0.3 is 6.01 Å². The molecule has 7 nitrogen and oxygen atoms in total. The molecule has 2 bridgehead atoms. The molecule has 0 saturated carbocycles. The van der Waals surface area contributed by atoms with Crippen molar-refractivity contribution in [3.8, 4) is 22.9 Å². The molecule has 0 spiro atoms. The summed E-state index contributed by atoms with van der Waals surface area (Å²) in [5, 5.41) is 14.5. The van der Waals surface area contributed by atoms with E-state index < -0.39 is 5.82 Å². The third kappa shape index (κ3) is 4.01. The van der Waals surface area contributed by atoms with Gasteiger partial charge in [0.15, 0.2) is 5.82 Å². The van der Waals surface area contributed by atoms with Gasteiger partial charge in [-0.1, -0.05) is 23.7 Å². The lowest BCUT2D eigenvalue weighted by Crippen LogP contribution is -2.51. The van der Waals surface area contributed by atoms with Crippen molar-refractivity contribution in [2.24, 2.45) is 0 Å². The number of nitrogens with zero attached hydrogens (tertiary/aromatic N) is 4. The molecule has 4 aliphatic heterocycles. The number of phenolic OH excluding ortho intramolecular Hbond substituents is 1. The van der Waals surface area contributed by atoms with Gasteiger partial charge in [0.1, 0.15) is 23.7 Å². The SMILES string of the molecule is Oc1cccc(-c2c(Cl)cc3c(N4CC5CCC(C4)N5)nc(OCC45CCCN4CCC5)nc3c2F)c1. The van der Waals surface area contributed by atoms with Crippen molar-refractivity contribution in [1.29, 1.82) is 0 Å². The molecule has 0 aliphatic carbocycles. The van der Waals surface area contributed by atoms with Crippen molar-refractivity contribution in [1.82, 2.24) is 20.2 Å². The van der Waals surface area contributed by atoms with Crippen LogP contribution in [0.2, 0.25) is 5.02 Å². The maximum Gasteiger partial charge on any atom is 0.319 e. The molecule has 7 rings (SSSR count). The van der Waals surface area contributed by atoms with Crippen molar-refractivity contribution in [3.63, 3.8) is 0 Å². The lowest BCUT2D eigenvalue weighted by Gasteiger charge is -2.35. The number of fused-ring (bicyclic) bond motifs is 4. The number of hydrogen-bond donors (Lipinski definition) is 2. The van der Waals surface area contributed by atoms with Crippen molar-refractivity contribution in [3.05, 3.63) is 41.2 Å². The highest BCUT2D eigenvalue weighted by Crippen LogP contribution is 2.42. The number of aromatic hydroxyl groups is 1. The summed E-state index contributed by atoms with van der Waals surface area (Å²) >= 11 is 6.68. The molecule has 1 aromatic heterocycles. The van der Waals surface area contributed by atoms with Crippen LogP contribution in [-0.2, 0) is 0 Å². The summed E-state index contributed by atoms with van der Waals surface area (Å²) in [6.45, 7) is 4.33. The fraction of sp³-hybridized carbons (Fsp3) is 0.500. The zero-order valence-electron chi connectivity index (χ0n) is 20.7. The van der Waals surface area contributed by atoms with Gasteiger partial charge < -0.3 is 20.1 Å². The topological polar surface area (TPSA) is 73.8 Å². The lowest BCUT2D eigenvalue weighted by molar-refractivity contribution is 0.108. The molecule has 9 heteroatoms. The van der Waals surface area contributed by atoms with E-state index in [1.54, 1.807) is 24.3 Å². The van der Waals surface area contributed by atoms with Gasteiger partial charge in [0.2, 0.25) is 0 Å². The fourth-order valence-corrected chi connectivity index (χ4v) is 7.32. The summed E-state index contributed by atoms with van der Waals surface area (Å²) in [5.74, 6) is 0.198. The third-order valence-corrected chi connectivity index (χ3v) is 9.07. The minimum atomic E-state index is -0.527. The Hall–Kier alpha value is -2.68. The van der Waals surface area contributed by atoms with Crippen LogP contribution in [-0.4, -0.2) is 70.4 Å².